The van der Waals surface area contributed by atoms with Crippen molar-refractivity contribution < 1.29 is 52.7 Å². The molecule has 0 bridgehead atoms. The topological polar surface area (TPSA) is 152 Å². The van der Waals surface area contributed by atoms with Gasteiger partial charge in [0.25, 0.3) is 0 Å². The highest BCUT2D eigenvalue weighted by Crippen LogP contribution is 2.49. The van der Waals surface area contributed by atoms with Crippen LogP contribution in [0.5, 0.6) is 23.0 Å². The third-order valence-corrected chi connectivity index (χ3v) is 9.12. The minimum Gasteiger partial charge on any atom is -0.493 e. The minimum atomic E-state index is -1.08. The van der Waals surface area contributed by atoms with Crippen molar-refractivity contribution in [3.63, 3.8) is 0 Å². The fraction of sp³-hybridized carbons (Fsp3) is 0.500. The monoisotopic (exact) mass is 708 g/mol. The lowest BCUT2D eigenvalue weighted by atomic mass is 10.0. The molecule has 0 fully saturated rings. The van der Waals surface area contributed by atoms with E-state index in [9.17, 15) is 24.3 Å². The number of amides is 2. The zero-order valence-corrected chi connectivity index (χ0v) is 27.9. The van der Waals surface area contributed by atoms with Gasteiger partial charge in [-0.05, 0) is 46.1 Å². The van der Waals surface area contributed by atoms with Crippen LogP contribution in [0.3, 0.4) is 0 Å². The molecule has 2 aliphatic heterocycles. The maximum atomic E-state index is 15.6. The van der Waals surface area contributed by atoms with Crippen LogP contribution in [-0.2, 0) is 38.8 Å². The van der Waals surface area contributed by atoms with Crippen LogP contribution < -0.4 is 18.9 Å². The number of nitrogens with zero attached hydrogens (tertiary/aromatic N) is 2. The predicted octanol–water partition coefficient (Wildman–Crippen LogP) is 4.92. The summed E-state index contributed by atoms with van der Waals surface area (Å²) in [5.74, 6) is -4.01. The normalized spacial score (nSPS) is 16.4. The number of ether oxygens (including phenoxy) is 4. The SMILES string of the molecule is COc1cc2c(cc1OCCCOc1c(Br)c3c(c(F)c1OC)CN(C(=O)CC(C)C(=O)O)C3C)CN(C(=O)C[C@H](C)C(=O)O)C2. The summed E-state index contributed by atoms with van der Waals surface area (Å²) in [7, 11) is 2.84. The lowest BCUT2D eigenvalue weighted by Crippen LogP contribution is -2.31. The summed E-state index contributed by atoms with van der Waals surface area (Å²) in [6, 6.07) is 3.09. The molecule has 46 heavy (non-hydrogen) atoms. The van der Waals surface area contributed by atoms with Crippen LogP contribution in [-0.4, -0.2) is 71.2 Å². The molecule has 250 valence electrons. The van der Waals surface area contributed by atoms with Gasteiger partial charge >= 0.3 is 11.9 Å². The number of carbonyl (C=O) groups is 4. The summed E-state index contributed by atoms with van der Waals surface area (Å²) in [6.45, 7) is 5.73. The second kappa shape index (κ2) is 14.6. The average Bonchev–Trinajstić information content (AvgIpc) is 3.59. The average molecular weight is 710 g/mol. The lowest BCUT2D eigenvalue weighted by molar-refractivity contribution is -0.146. The van der Waals surface area contributed by atoms with Gasteiger partial charge in [-0.1, -0.05) is 13.8 Å². The van der Waals surface area contributed by atoms with E-state index in [0.717, 1.165) is 11.1 Å². The number of methoxy groups -OCH3 is 2. The van der Waals surface area contributed by atoms with E-state index in [0.29, 0.717) is 41.0 Å². The van der Waals surface area contributed by atoms with Gasteiger partial charge in [-0.2, -0.15) is 0 Å². The third kappa shape index (κ3) is 7.16. The molecule has 0 aromatic heterocycles. The van der Waals surface area contributed by atoms with Gasteiger partial charge in [0, 0.05) is 50.0 Å². The smallest absolute Gasteiger partial charge is 0.306 e. The Morgan fingerprint density at radius 2 is 1.46 bits per heavy atom. The molecule has 12 nitrogen and oxygen atoms in total. The molecule has 0 radical (unpaired) electrons. The first-order chi connectivity index (χ1) is 21.8. The summed E-state index contributed by atoms with van der Waals surface area (Å²) < 4.78 is 38.9. The van der Waals surface area contributed by atoms with E-state index < -0.39 is 41.5 Å². The van der Waals surface area contributed by atoms with E-state index in [-0.39, 0.29) is 55.6 Å². The van der Waals surface area contributed by atoms with Gasteiger partial charge in [0.2, 0.25) is 11.8 Å². The molecule has 2 N–H and O–H groups in total. The highest BCUT2D eigenvalue weighted by molar-refractivity contribution is 9.10. The molecule has 2 aromatic rings. The highest BCUT2D eigenvalue weighted by Gasteiger charge is 2.39. The third-order valence-electron chi connectivity index (χ3n) is 8.33. The van der Waals surface area contributed by atoms with Crippen molar-refractivity contribution >= 4 is 39.7 Å². The van der Waals surface area contributed by atoms with Crippen LogP contribution in [0.2, 0.25) is 0 Å². The molecule has 4 rings (SSSR count). The van der Waals surface area contributed by atoms with Crippen LogP contribution in [0.15, 0.2) is 16.6 Å². The number of fused-ring (bicyclic) bond motifs is 2. The molecule has 0 aliphatic carbocycles. The number of hydrogen-bond acceptors (Lipinski definition) is 8. The number of halogens is 2. The molecule has 14 heteroatoms. The van der Waals surface area contributed by atoms with E-state index in [1.807, 2.05) is 12.1 Å². The zero-order valence-electron chi connectivity index (χ0n) is 26.4. The number of rotatable bonds is 14. The van der Waals surface area contributed by atoms with Crippen LogP contribution in [0, 0.1) is 17.7 Å². The van der Waals surface area contributed by atoms with Crippen LogP contribution in [0.25, 0.3) is 0 Å². The molecule has 0 saturated heterocycles. The Morgan fingerprint density at radius 1 is 0.891 bits per heavy atom. The Kier molecular flexibility index (Phi) is 11.0. The number of benzene rings is 2. The van der Waals surface area contributed by atoms with E-state index in [1.54, 1.807) is 11.8 Å². The van der Waals surface area contributed by atoms with Gasteiger partial charge in [-0.15, -0.1) is 0 Å². The van der Waals surface area contributed by atoms with Crippen LogP contribution in [0.1, 0.15) is 68.3 Å². The van der Waals surface area contributed by atoms with E-state index in [1.165, 1.54) is 33.0 Å². The summed E-state index contributed by atoms with van der Waals surface area (Å²) in [5, 5.41) is 18.3. The molecule has 0 spiro atoms. The van der Waals surface area contributed by atoms with Gasteiger partial charge < -0.3 is 39.0 Å². The molecule has 2 heterocycles. The fourth-order valence-electron chi connectivity index (χ4n) is 5.59. The number of hydrogen-bond donors (Lipinski definition) is 2. The summed E-state index contributed by atoms with van der Waals surface area (Å²) >= 11 is 3.53. The van der Waals surface area contributed by atoms with Gasteiger partial charge in [0.1, 0.15) is 0 Å². The molecule has 2 aromatic carbocycles. The van der Waals surface area contributed by atoms with Crippen molar-refractivity contribution in [3.8, 4) is 23.0 Å². The maximum absolute atomic E-state index is 15.6. The summed E-state index contributed by atoms with van der Waals surface area (Å²) in [4.78, 5) is 51.0. The van der Waals surface area contributed by atoms with Gasteiger partial charge in [0.05, 0.1) is 49.8 Å². The quantitative estimate of drug-likeness (QED) is 0.259. The highest BCUT2D eigenvalue weighted by atomic mass is 79.9. The first-order valence-corrected chi connectivity index (χ1v) is 15.6. The van der Waals surface area contributed by atoms with Gasteiger partial charge in [0.15, 0.2) is 28.8 Å². The Hall–Kier alpha value is -4.07. The van der Waals surface area contributed by atoms with Crippen LogP contribution >= 0.6 is 15.9 Å². The second-order valence-corrected chi connectivity index (χ2v) is 12.3. The van der Waals surface area contributed by atoms with Gasteiger partial charge in [-0.3, -0.25) is 19.2 Å². The Bertz CT molecular complexity index is 1530. The van der Waals surface area contributed by atoms with Crippen LogP contribution in [0.4, 0.5) is 4.39 Å². The summed E-state index contributed by atoms with van der Waals surface area (Å²) in [6.07, 6.45) is 0.116. The van der Waals surface area contributed by atoms with Gasteiger partial charge in [-0.25, -0.2) is 4.39 Å². The lowest BCUT2D eigenvalue weighted by Gasteiger charge is -2.23. The van der Waals surface area contributed by atoms with Crippen molar-refractivity contribution in [3.05, 3.63) is 44.7 Å². The van der Waals surface area contributed by atoms with Crippen molar-refractivity contribution in [2.45, 2.75) is 65.7 Å². The van der Waals surface area contributed by atoms with E-state index in [4.69, 9.17) is 24.1 Å². The standard InChI is InChI=1S/C32H38BrFN2O10/c1-16(31(39)40)9-24(37)35-13-19-11-22(43-4)23(12-20(19)14-35)45-7-6-8-46-29-27(33)26-18(3)36(25(38)10-17(2)32(41)42)15-21(26)28(34)30(29)44-5/h11-12,16-18H,6-10,13-15H2,1-5H3,(H,39,40)(H,41,42)/t16-,17?,18?/m0/s1. The van der Waals surface area contributed by atoms with Crippen molar-refractivity contribution in [2.75, 3.05) is 27.4 Å². The number of aliphatic carboxylic acids is 2. The predicted molar refractivity (Wildman–Crippen MR) is 165 cm³/mol. The number of carboxylic acid groups (broad SMARTS) is 2. The first-order valence-electron chi connectivity index (χ1n) is 14.8. The summed E-state index contributed by atoms with van der Waals surface area (Å²) in [5.41, 5.74) is 2.59. The maximum Gasteiger partial charge on any atom is 0.306 e. The molecule has 2 amide bonds. The Balaban J connectivity index is 1.39. The molecule has 3 atom stereocenters. The van der Waals surface area contributed by atoms with E-state index in [2.05, 4.69) is 15.9 Å². The van der Waals surface area contributed by atoms with Crippen molar-refractivity contribution in [1.29, 1.82) is 0 Å². The number of carboxylic acids is 2. The zero-order chi connectivity index (χ0) is 33.9. The molecular weight excluding hydrogens is 671 g/mol. The molecular formula is C32H38BrFN2O10. The first kappa shape index (κ1) is 34.8. The van der Waals surface area contributed by atoms with E-state index >= 15 is 4.39 Å². The molecule has 2 aliphatic rings. The number of carbonyl (C=O) groups excluding carboxylic acids is 2. The minimum absolute atomic E-state index is 0.0213. The van der Waals surface area contributed by atoms with Crippen molar-refractivity contribution in [1.82, 2.24) is 9.80 Å². The molecule has 2 unspecified atom stereocenters. The van der Waals surface area contributed by atoms with Crippen molar-refractivity contribution in [2.24, 2.45) is 11.8 Å². The molecule has 0 saturated carbocycles. The Labute approximate surface area is 274 Å². The largest absolute Gasteiger partial charge is 0.493 e. The second-order valence-electron chi connectivity index (χ2n) is 11.5. The fourth-order valence-corrected chi connectivity index (χ4v) is 6.46. The Morgan fingerprint density at radius 3 is 2.02 bits per heavy atom.